The summed E-state index contributed by atoms with van der Waals surface area (Å²) in [5.74, 6) is 1.44. The first kappa shape index (κ1) is 62.5. The van der Waals surface area contributed by atoms with Crippen LogP contribution in [-0.2, 0) is 5.54 Å². The van der Waals surface area contributed by atoms with Crippen LogP contribution in [0.5, 0.6) is 0 Å². The highest BCUT2D eigenvalue weighted by Crippen LogP contribution is 2.36. The van der Waals surface area contributed by atoms with Gasteiger partial charge in [-0.25, -0.2) is 34.3 Å². The van der Waals surface area contributed by atoms with Crippen molar-refractivity contribution in [1.82, 2.24) is 59.2 Å². The molecule has 11 rings (SSSR count). The Labute approximate surface area is 495 Å². The predicted molar refractivity (Wildman–Crippen MR) is 340 cm³/mol. The zero-order chi connectivity index (χ0) is 61.8. The Morgan fingerprint density at radius 1 is 0.565 bits per heavy atom. The molecule has 0 saturated carbocycles. The smallest absolute Gasteiger partial charge is 0.423 e. The fourth-order valence-electron chi connectivity index (χ4n) is 9.13. The lowest BCUT2D eigenvalue weighted by atomic mass is 9.77. The quantitative estimate of drug-likeness (QED) is 0.0401. The van der Waals surface area contributed by atoms with Crippen LogP contribution in [0.1, 0.15) is 96.4 Å². The number of nitrogen functional groups attached to an aromatic ring is 3. The fourth-order valence-corrected chi connectivity index (χ4v) is 9.13. The van der Waals surface area contributed by atoms with Crippen LogP contribution >= 0.6 is 0 Å². The molecular formula is C64H73BN16O4. The number of nitrogens with two attached hydrogens (primary N) is 3. The second kappa shape index (κ2) is 27.3. The number of para-hydroxylation sites is 2. The number of H-pyrrole nitrogens is 1. The van der Waals surface area contributed by atoms with Crippen molar-refractivity contribution in [3.8, 4) is 45.0 Å². The summed E-state index contributed by atoms with van der Waals surface area (Å²) in [6, 6.07) is 40.3. The summed E-state index contributed by atoms with van der Waals surface area (Å²) in [6.07, 6.45) is 8.30. The van der Waals surface area contributed by atoms with Gasteiger partial charge in [-0.3, -0.25) is 14.7 Å². The molecule has 5 aromatic carbocycles. The second-order valence-corrected chi connectivity index (χ2v) is 22.2. The average Bonchev–Trinajstić information content (AvgIpc) is 4.33. The van der Waals surface area contributed by atoms with Gasteiger partial charge in [0.15, 0.2) is 6.29 Å². The van der Waals surface area contributed by atoms with Crippen molar-refractivity contribution in [1.29, 1.82) is 0 Å². The number of imidazole rings is 1. The zero-order valence-electron chi connectivity index (χ0n) is 50.0. The zero-order valence-corrected chi connectivity index (χ0v) is 50.0. The summed E-state index contributed by atoms with van der Waals surface area (Å²) in [7, 11) is -1.57. The number of nitrogens with one attached hydrogen (secondary N) is 2. The van der Waals surface area contributed by atoms with Gasteiger partial charge >= 0.3 is 7.12 Å². The Hall–Kier alpha value is -10.1. The summed E-state index contributed by atoms with van der Waals surface area (Å²) in [6.45, 7) is 24.8. The Kier molecular flexibility index (Phi) is 20.1. The molecule has 20 nitrogen and oxygen atoms in total. The molecule has 0 unspecified atom stereocenters. The third-order valence-corrected chi connectivity index (χ3v) is 12.8. The number of aryl methyl sites for hydroxylation is 6. The van der Waals surface area contributed by atoms with E-state index in [2.05, 4.69) is 130 Å². The molecule has 0 aliphatic rings. The van der Waals surface area contributed by atoms with Gasteiger partial charge in [0.25, 0.3) is 0 Å². The molecule has 0 amide bonds. The van der Waals surface area contributed by atoms with Crippen molar-refractivity contribution in [3.05, 3.63) is 197 Å². The minimum atomic E-state index is -1.57. The number of anilines is 4. The standard InChI is InChI=1S/C26H27N7.C14H19N5.C12H12N2O.C7H7BO3.C5H8N2/c1-16-12-17(2)33(31-16)22-9-7-6-8-20(22)24-30-21-13-18(19-14-28-25(27)29-15-19)10-11-23(21)32(24)26(3,4)5;1-14(2,3)19-12-5-4-9(6-11(12)15)10-7-17-13(16)18-8-10;1-9-7-10(2)14(13-9)12-6-4-3-5-11(12)8-15;9-5-6-3-1-2-4-7(6)8(10)11;1-4-3-5(2)7-6-4/h6-15H,1-5H3,(H2,27,28,29);4-8,19H,15H2,1-3H3,(H2,16,17,18);3-8H,1-2H3;1-5,10-11H;3H,1-2H3,(H,6,7). The number of nitrogens with zero attached hydrogens (tertiary/aromatic N) is 11. The maximum atomic E-state index is 10.9. The van der Waals surface area contributed by atoms with E-state index in [1.165, 1.54) is 12.1 Å². The predicted octanol–water partition coefficient (Wildman–Crippen LogP) is 10.3. The number of rotatable bonds is 9. The third kappa shape index (κ3) is 16.3. The van der Waals surface area contributed by atoms with E-state index in [0.717, 1.165) is 102 Å². The van der Waals surface area contributed by atoms with E-state index in [9.17, 15) is 9.59 Å². The molecule has 0 aliphatic carbocycles. The van der Waals surface area contributed by atoms with Crippen LogP contribution in [0, 0.1) is 41.5 Å². The van der Waals surface area contributed by atoms with E-state index >= 15 is 0 Å². The topological polar surface area (TPSA) is 298 Å². The SMILES string of the molecule is CC(C)(C)Nc1ccc(-c2cnc(N)nc2)cc1N.Cc1cc(C)[nH]n1.Cc1cc(C)n(-c2ccccc2-c2nc3cc(-c4cnc(N)nc4)ccc3n2C(C)(C)C)n1.Cc1cc(C)n(-c2ccccc2C=O)n1.O=Cc1ccccc1B(O)O. The largest absolute Gasteiger partial charge is 0.489 e. The number of hydrogen-bond donors (Lipinski definition) is 7. The molecule has 0 aliphatic heterocycles. The van der Waals surface area contributed by atoms with Gasteiger partial charge in [0.05, 0.1) is 50.9 Å². The Morgan fingerprint density at radius 2 is 1.07 bits per heavy atom. The Bertz CT molecular complexity index is 4020. The molecule has 85 heavy (non-hydrogen) atoms. The molecule has 0 radical (unpaired) electrons. The van der Waals surface area contributed by atoms with Crippen molar-refractivity contribution in [2.45, 2.75) is 94.2 Å². The van der Waals surface area contributed by atoms with E-state index < -0.39 is 7.12 Å². The van der Waals surface area contributed by atoms with Gasteiger partial charge in [0.2, 0.25) is 11.9 Å². The van der Waals surface area contributed by atoms with Crippen LogP contribution in [-0.4, -0.2) is 94.5 Å². The summed E-state index contributed by atoms with van der Waals surface area (Å²) in [4.78, 5) is 42.5. The normalized spacial score (nSPS) is 10.9. The summed E-state index contributed by atoms with van der Waals surface area (Å²) in [5, 5.41) is 36.6. The monoisotopic (exact) mass is 1140 g/mol. The van der Waals surface area contributed by atoms with Gasteiger partial charge in [-0.2, -0.15) is 15.3 Å². The highest BCUT2D eigenvalue weighted by Gasteiger charge is 2.25. The lowest BCUT2D eigenvalue weighted by molar-refractivity contribution is 0.111. The van der Waals surface area contributed by atoms with E-state index in [4.69, 9.17) is 37.3 Å². The van der Waals surface area contributed by atoms with Crippen LogP contribution in [0.4, 0.5) is 23.3 Å². The fraction of sp³-hybridized carbons (Fsp3) is 0.219. The van der Waals surface area contributed by atoms with Crippen molar-refractivity contribution in [2.75, 3.05) is 22.5 Å². The Balaban J connectivity index is 0.000000169. The molecule has 0 fully saturated rings. The number of benzene rings is 5. The molecular weight excluding hydrogens is 1070 g/mol. The molecule has 21 heteroatoms. The minimum absolute atomic E-state index is 0.0278. The summed E-state index contributed by atoms with van der Waals surface area (Å²) >= 11 is 0. The number of fused-ring (bicyclic) bond motifs is 1. The molecule has 6 heterocycles. The van der Waals surface area contributed by atoms with Gasteiger partial charge in [-0.1, -0.05) is 60.7 Å². The van der Waals surface area contributed by atoms with Crippen molar-refractivity contribution in [3.63, 3.8) is 0 Å². The van der Waals surface area contributed by atoms with Crippen molar-refractivity contribution < 1.29 is 19.6 Å². The molecule has 0 bridgehead atoms. The van der Waals surface area contributed by atoms with Crippen molar-refractivity contribution in [2.24, 2.45) is 0 Å². The highest BCUT2D eigenvalue weighted by atomic mass is 16.4. The van der Waals surface area contributed by atoms with Crippen LogP contribution < -0.4 is 28.0 Å². The van der Waals surface area contributed by atoms with Gasteiger partial charge in [0.1, 0.15) is 12.1 Å². The number of hydrogen-bond acceptors (Lipinski definition) is 16. The molecule has 11 aromatic rings. The maximum absolute atomic E-state index is 10.9. The van der Waals surface area contributed by atoms with Crippen LogP contribution in [0.2, 0.25) is 0 Å². The molecule has 10 N–H and O–H groups in total. The first-order chi connectivity index (χ1) is 40.3. The van der Waals surface area contributed by atoms with Crippen LogP contribution in [0.3, 0.4) is 0 Å². The van der Waals surface area contributed by atoms with E-state index in [0.29, 0.717) is 23.1 Å². The first-order valence-electron chi connectivity index (χ1n) is 27.3. The number of aromatic amines is 1. The average molecular weight is 1140 g/mol. The molecule has 436 valence electrons. The summed E-state index contributed by atoms with van der Waals surface area (Å²) in [5.41, 5.74) is 34.7. The van der Waals surface area contributed by atoms with Gasteiger partial charge in [0, 0.05) is 80.8 Å². The maximum Gasteiger partial charge on any atom is 0.489 e. The molecule has 0 atom stereocenters. The van der Waals surface area contributed by atoms with Gasteiger partial charge in [-0.05, 0) is 166 Å². The summed E-state index contributed by atoms with van der Waals surface area (Å²) < 4.78 is 6.09. The van der Waals surface area contributed by atoms with Crippen LogP contribution in [0.15, 0.2) is 152 Å². The van der Waals surface area contributed by atoms with E-state index in [-0.39, 0.29) is 28.4 Å². The highest BCUT2D eigenvalue weighted by molar-refractivity contribution is 6.60. The molecule has 6 aromatic heterocycles. The number of aromatic nitrogens is 12. The van der Waals surface area contributed by atoms with E-state index in [1.54, 1.807) is 47.7 Å². The Morgan fingerprint density at radius 3 is 1.53 bits per heavy atom. The van der Waals surface area contributed by atoms with Gasteiger partial charge < -0.3 is 37.1 Å². The number of carbonyl (C=O) groups is 2. The molecule has 0 saturated heterocycles. The number of aldehydes is 2. The first-order valence-corrected chi connectivity index (χ1v) is 27.3. The van der Waals surface area contributed by atoms with Crippen LogP contribution in [0.25, 0.3) is 56.0 Å². The van der Waals surface area contributed by atoms with Crippen molar-refractivity contribution >= 4 is 59.5 Å². The van der Waals surface area contributed by atoms with Gasteiger partial charge in [-0.15, -0.1) is 0 Å². The minimum Gasteiger partial charge on any atom is -0.423 e. The molecule has 0 spiro atoms. The second-order valence-electron chi connectivity index (χ2n) is 22.2. The third-order valence-electron chi connectivity index (χ3n) is 12.8. The lowest BCUT2D eigenvalue weighted by Crippen LogP contribution is -2.32. The lowest BCUT2D eigenvalue weighted by Gasteiger charge is -2.25. The number of carbonyl (C=O) groups excluding carboxylic acids is 2. The van der Waals surface area contributed by atoms with E-state index in [1.807, 2.05) is 100.0 Å².